The third kappa shape index (κ3) is 3.72. The summed E-state index contributed by atoms with van der Waals surface area (Å²) in [5.74, 6) is -0.160. The molecule has 1 saturated heterocycles. The van der Waals surface area contributed by atoms with E-state index in [2.05, 4.69) is 4.98 Å². The molecule has 1 aliphatic rings. The number of rotatable bonds is 6. The summed E-state index contributed by atoms with van der Waals surface area (Å²) < 4.78 is 5.09. The minimum Gasteiger partial charge on any atom is -0.396 e. The van der Waals surface area contributed by atoms with E-state index >= 15 is 0 Å². The van der Waals surface area contributed by atoms with Gasteiger partial charge >= 0.3 is 0 Å². The Morgan fingerprint density at radius 3 is 2.88 bits per heavy atom. The minimum absolute atomic E-state index is 0.160. The van der Waals surface area contributed by atoms with Crippen molar-refractivity contribution in [2.24, 2.45) is 5.41 Å². The number of aliphatic hydroxyl groups is 2. The Morgan fingerprint density at radius 2 is 2.15 bits per heavy atom. The van der Waals surface area contributed by atoms with Gasteiger partial charge in [0, 0.05) is 43.8 Å². The van der Waals surface area contributed by atoms with Gasteiger partial charge in [0.2, 0.25) is 0 Å². The average molecular weight is 358 g/mol. The largest absolute Gasteiger partial charge is 0.396 e. The molecule has 1 aromatic carbocycles. The molecule has 2 N–H and O–H groups in total. The van der Waals surface area contributed by atoms with Crippen LogP contribution in [0.4, 0.5) is 0 Å². The molecule has 0 aliphatic carbocycles. The number of likely N-dealkylation sites (tertiary alicyclic amines) is 1. The predicted molar refractivity (Wildman–Crippen MR) is 98.9 cm³/mol. The summed E-state index contributed by atoms with van der Waals surface area (Å²) in [4.78, 5) is 19.0. The van der Waals surface area contributed by atoms with Crippen molar-refractivity contribution in [3.63, 3.8) is 0 Å². The molecule has 0 radical (unpaired) electrons. The fourth-order valence-corrected chi connectivity index (χ4v) is 3.73. The number of methoxy groups -OCH3 is 1. The number of aliphatic hydroxyl groups excluding tert-OH is 2. The van der Waals surface area contributed by atoms with Crippen LogP contribution in [0.1, 0.15) is 29.8 Å². The van der Waals surface area contributed by atoms with Gasteiger partial charge in [0.1, 0.15) is 5.69 Å². The molecule has 26 heavy (non-hydrogen) atoms. The normalized spacial score (nSPS) is 23.3. The maximum atomic E-state index is 13.0. The number of aromatic nitrogens is 1. The lowest BCUT2D eigenvalue weighted by Crippen LogP contribution is -2.55. The third-order valence-electron chi connectivity index (χ3n) is 5.36. The van der Waals surface area contributed by atoms with E-state index < -0.39 is 11.5 Å². The van der Waals surface area contributed by atoms with Gasteiger partial charge in [-0.05, 0) is 30.7 Å². The van der Waals surface area contributed by atoms with E-state index in [1.54, 1.807) is 24.3 Å². The first-order valence-electron chi connectivity index (χ1n) is 9.01. The summed E-state index contributed by atoms with van der Waals surface area (Å²) in [5, 5.41) is 22.4. The van der Waals surface area contributed by atoms with Crippen molar-refractivity contribution < 1.29 is 19.7 Å². The fourth-order valence-electron chi connectivity index (χ4n) is 3.73. The van der Waals surface area contributed by atoms with E-state index in [9.17, 15) is 15.0 Å². The quantitative estimate of drug-likeness (QED) is 0.770. The van der Waals surface area contributed by atoms with E-state index in [1.165, 1.54) is 0 Å². The molecule has 2 atom stereocenters. The van der Waals surface area contributed by atoms with Crippen LogP contribution in [0.5, 0.6) is 0 Å². The Morgan fingerprint density at radius 1 is 1.38 bits per heavy atom. The Hall–Kier alpha value is -2.02. The number of hydrogen-bond donors (Lipinski definition) is 2. The molecule has 140 valence electrons. The number of pyridine rings is 1. The van der Waals surface area contributed by atoms with Crippen molar-refractivity contribution >= 4 is 16.7 Å². The second kappa shape index (κ2) is 8.12. The zero-order chi connectivity index (χ0) is 18.6. The van der Waals surface area contributed by atoms with Crippen LogP contribution >= 0.6 is 0 Å². The molecule has 2 heterocycles. The number of benzene rings is 1. The van der Waals surface area contributed by atoms with E-state index in [4.69, 9.17) is 4.74 Å². The molecule has 0 spiro atoms. The predicted octanol–water partition coefficient (Wildman–Crippen LogP) is 1.85. The molecule has 0 bridgehead atoms. The van der Waals surface area contributed by atoms with Gasteiger partial charge in [0.05, 0.1) is 12.7 Å². The third-order valence-corrected chi connectivity index (χ3v) is 5.36. The zero-order valence-corrected chi connectivity index (χ0v) is 15.1. The van der Waals surface area contributed by atoms with Crippen LogP contribution in [-0.4, -0.2) is 65.5 Å². The summed E-state index contributed by atoms with van der Waals surface area (Å²) >= 11 is 0. The number of piperidine rings is 1. The lowest BCUT2D eigenvalue weighted by molar-refractivity contribution is -0.0745. The Kier molecular flexibility index (Phi) is 5.86. The number of fused-ring (bicyclic) bond motifs is 1. The number of ether oxygens (including phenoxy) is 1. The molecular formula is C20H26N2O4. The van der Waals surface area contributed by atoms with Gasteiger partial charge in [-0.15, -0.1) is 0 Å². The molecule has 2 aromatic rings. The van der Waals surface area contributed by atoms with Crippen LogP contribution in [0.15, 0.2) is 36.5 Å². The van der Waals surface area contributed by atoms with Crippen LogP contribution in [0.3, 0.4) is 0 Å². The molecular weight excluding hydrogens is 332 g/mol. The van der Waals surface area contributed by atoms with E-state index in [1.807, 2.05) is 24.3 Å². The average Bonchev–Trinajstić information content (AvgIpc) is 2.68. The number of hydrogen-bond acceptors (Lipinski definition) is 5. The lowest BCUT2D eigenvalue weighted by atomic mass is 9.74. The Bertz CT molecular complexity index is 766. The van der Waals surface area contributed by atoms with Crippen LogP contribution in [0.2, 0.25) is 0 Å². The first-order valence-corrected chi connectivity index (χ1v) is 9.01. The van der Waals surface area contributed by atoms with Gasteiger partial charge in [0.15, 0.2) is 0 Å². The number of carbonyl (C=O) groups is 1. The van der Waals surface area contributed by atoms with Gasteiger partial charge < -0.3 is 19.8 Å². The Balaban J connectivity index is 1.79. The van der Waals surface area contributed by atoms with Crippen molar-refractivity contribution in [3.8, 4) is 0 Å². The van der Waals surface area contributed by atoms with Crippen LogP contribution in [0.25, 0.3) is 10.8 Å². The molecule has 1 amide bonds. The van der Waals surface area contributed by atoms with Crippen molar-refractivity contribution in [2.75, 3.05) is 33.4 Å². The van der Waals surface area contributed by atoms with Crippen LogP contribution in [-0.2, 0) is 4.74 Å². The maximum absolute atomic E-state index is 13.0. The highest BCUT2D eigenvalue weighted by atomic mass is 16.5. The molecule has 0 unspecified atom stereocenters. The standard InChI is InChI=1S/C20H26N2O4/c1-26-10-4-8-20(14-23)13-22(9-7-18(20)24)19(25)17-11-15-5-2-3-6-16(15)12-21-17/h2-3,5-6,11-12,18,23-24H,4,7-10,13-14H2,1H3/t18-,20+/m1/s1. The van der Waals surface area contributed by atoms with Crippen molar-refractivity contribution in [2.45, 2.75) is 25.4 Å². The van der Waals surface area contributed by atoms with Gasteiger partial charge in [-0.1, -0.05) is 24.3 Å². The molecule has 1 fully saturated rings. The highest BCUT2D eigenvalue weighted by molar-refractivity contribution is 5.96. The molecule has 6 heteroatoms. The molecule has 1 aromatic heterocycles. The second-order valence-electron chi connectivity index (χ2n) is 7.06. The SMILES string of the molecule is COCCC[C@@]1(CO)CN(C(=O)c2cc3ccccc3cn2)CC[C@H]1O. The number of nitrogens with zero attached hydrogens (tertiary/aromatic N) is 2. The van der Waals surface area contributed by atoms with E-state index in [0.29, 0.717) is 38.2 Å². The first-order chi connectivity index (χ1) is 12.6. The minimum atomic E-state index is -0.705. The molecule has 6 nitrogen and oxygen atoms in total. The summed E-state index contributed by atoms with van der Waals surface area (Å²) in [6, 6.07) is 9.58. The molecule has 3 rings (SSSR count). The fraction of sp³-hybridized carbons (Fsp3) is 0.500. The van der Waals surface area contributed by atoms with Crippen molar-refractivity contribution in [1.29, 1.82) is 0 Å². The van der Waals surface area contributed by atoms with Crippen LogP contribution in [0, 0.1) is 5.41 Å². The van der Waals surface area contributed by atoms with E-state index in [-0.39, 0.29) is 12.5 Å². The summed E-state index contributed by atoms with van der Waals surface area (Å²) in [7, 11) is 1.63. The Labute approximate surface area is 153 Å². The maximum Gasteiger partial charge on any atom is 0.272 e. The van der Waals surface area contributed by atoms with Gasteiger partial charge in [-0.3, -0.25) is 9.78 Å². The summed E-state index contributed by atoms with van der Waals surface area (Å²) in [6.45, 7) is 1.18. The topological polar surface area (TPSA) is 82.9 Å². The number of carbonyl (C=O) groups excluding carboxylic acids is 1. The zero-order valence-electron chi connectivity index (χ0n) is 15.1. The highest BCUT2D eigenvalue weighted by Crippen LogP contribution is 2.35. The van der Waals surface area contributed by atoms with Crippen molar-refractivity contribution in [3.05, 3.63) is 42.2 Å². The van der Waals surface area contributed by atoms with Gasteiger partial charge in [-0.2, -0.15) is 0 Å². The smallest absolute Gasteiger partial charge is 0.272 e. The monoisotopic (exact) mass is 358 g/mol. The van der Waals surface area contributed by atoms with Crippen LogP contribution < -0.4 is 0 Å². The summed E-state index contributed by atoms with van der Waals surface area (Å²) in [6.07, 6.45) is 2.86. The number of amides is 1. The lowest BCUT2D eigenvalue weighted by Gasteiger charge is -2.45. The molecule has 0 saturated carbocycles. The van der Waals surface area contributed by atoms with Gasteiger partial charge in [-0.25, -0.2) is 0 Å². The van der Waals surface area contributed by atoms with E-state index in [0.717, 1.165) is 17.2 Å². The second-order valence-corrected chi connectivity index (χ2v) is 7.06. The molecule has 1 aliphatic heterocycles. The van der Waals surface area contributed by atoms with Crippen molar-refractivity contribution in [1.82, 2.24) is 9.88 Å². The summed E-state index contributed by atoms with van der Waals surface area (Å²) in [5.41, 5.74) is -0.313. The van der Waals surface area contributed by atoms with Gasteiger partial charge in [0.25, 0.3) is 5.91 Å². The highest BCUT2D eigenvalue weighted by Gasteiger charge is 2.43. The first kappa shape index (κ1) is 18.8.